The zero-order chi connectivity index (χ0) is 6.62. The predicted molar refractivity (Wildman–Crippen MR) is 35.0 cm³/mol. The van der Waals surface area contributed by atoms with E-state index in [0.717, 1.165) is 0 Å². The molecule has 0 atom stereocenters. The van der Waals surface area contributed by atoms with Crippen molar-refractivity contribution in [1.82, 2.24) is 0 Å². The first-order valence-electron chi connectivity index (χ1n) is 2.11. The van der Waals surface area contributed by atoms with Gasteiger partial charge in [0, 0.05) is 7.11 Å². The highest BCUT2D eigenvalue weighted by molar-refractivity contribution is 7.65. The van der Waals surface area contributed by atoms with Crippen LogP contribution in [0.25, 0.3) is 0 Å². The summed E-state index contributed by atoms with van der Waals surface area (Å²) < 4.78 is 15.4. The molecule has 46 valence electrons. The van der Waals surface area contributed by atoms with Gasteiger partial charge >= 0.3 is 0 Å². The molecule has 0 spiro atoms. The third kappa shape index (κ3) is 1.65. The van der Waals surface area contributed by atoms with Crippen molar-refractivity contribution >= 4 is 7.37 Å². The predicted octanol–water partition coefficient (Wildman–Crippen LogP) is 2.20. The van der Waals surface area contributed by atoms with Crippen LogP contribution >= 0.6 is 7.37 Å². The summed E-state index contributed by atoms with van der Waals surface area (Å²) in [5.74, 6) is 2.53. The summed E-state index contributed by atoms with van der Waals surface area (Å²) >= 11 is 0. The largest absolute Gasteiger partial charge is 0.326 e. The van der Waals surface area contributed by atoms with Crippen LogP contribution in [0.2, 0.25) is 0 Å². The van der Waals surface area contributed by atoms with Crippen molar-refractivity contribution in [3.05, 3.63) is 24.8 Å². The summed E-state index contributed by atoms with van der Waals surface area (Å²) in [7, 11) is -1.27. The van der Waals surface area contributed by atoms with Gasteiger partial charge in [0.1, 0.15) is 0 Å². The zero-order valence-electron chi connectivity index (χ0n) is 4.83. The first-order chi connectivity index (χ1) is 3.68. The molecule has 0 aromatic rings. The van der Waals surface area contributed by atoms with E-state index in [4.69, 9.17) is 0 Å². The van der Waals surface area contributed by atoms with Crippen LogP contribution in [0.15, 0.2) is 24.8 Å². The van der Waals surface area contributed by atoms with Gasteiger partial charge in [0.15, 0.2) is 0 Å². The van der Waals surface area contributed by atoms with Crippen LogP contribution in [0, 0.1) is 0 Å². The maximum Gasteiger partial charge on any atom is 0.245 e. The van der Waals surface area contributed by atoms with Crippen LogP contribution < -0.4 is 0 Å². The van der Waals surface area contributed by atoms with E-state index in [2.05, 4.69) is 17.7 Å². The molecule has 8 heavy (non-hydrogen) atoms. The van der Waals surface area contributed by atoms with Gasteiger partial charge in [-0.05, 0) is 11.6 Å². The lowest BCUT2D eigenvalue weighted by atomic mass is 11.3. The van der Waals surface area contributed by atoms with Gasteiger partial charge in [0.05, 0.1) is 0 Å². The highest BCUT2D eigenvalue weighted by Gasteiger charge is 2.07. The van der Waals surface area contributed by atoms with Gasteiger partial charge < -0.3 is 4.52 Å². The van der Waals surface area contributed by atoms with Gasteiger partial charge in [0.2, 0.25) is 7.37 Å². The SMILES string of the molecule is C=CP(=O)(C=C)OC. The Labute approximate surface area is 49.3 Å². The van der Waals surface area contributed by atoms with Crippen molar-refractivity contribution in [2.24, 2.45) is 0 Å². The normalized spacial score (nSPS) is 10.6. The average molecular weight is 132 g/mol. The van der Waals surface area contributed by atoms with Gasteiger partial charge in [-0.1, -0.05) is 13.2 Å². The first-order valence-corrected chi connectivity index (χ1v) is 3.87. The van der Waals surface area contributed by atoms with Crippen molar-refractivity contribution < 1.29 is 9.09 Å². The minimum absolute atomic E-state index is 1.26. The second-order valence-corrected chi connectivity index (χ2v) is 3.58. The molecule has 0 N–H and O–H groups in total. The van der Waals surface area contributed by atoms with Gasteiger partial charge in [0.25, 0.3) is 0 Å². The molecule has 0 amide bonds. The average Bonchev–Trinajstić information content (AvgIpc) is 1.87. The maximum absolute atomic E-state index is 10.9. The Bertz CT molecular complexity index is 127. The Balaban J connectivity index is 4.21. The van der Waals surface area contributed by atoms with E-state index in [0.29, 0.717) is 0 Å². The lowest BCUT2D eigenvalue weighted by Crippen LogP contribution is -1.71. The van der Waals surface area contributed by atoms with E-state index in [1.165, 1.54) is 18.7 Å². The fourth-order valence-electron chi connectivity index (χ4n) is 0.224. The molecule has 0 heterocycles. The molecule has 3 heteroatoms. The molecule has 0 aliphatic heterocycles. The molecule has 0 aromatic heterocycles. The Morgan fingerprint density at radius 2 is 1.88 bits per heavy atom. The van der Waals surface area contributed by atoms with Gasteiger partial charge in [-0.3, -0.25) is 4.57 Å². The van der Waals surface area contributed by atoms with Gasteiger partial charge in [-0.25, -0.2) is 0 Å². The van der Waals surface area contributed by atoms with Crippen molar-refractivity contribution in [1.29, 1.82) is 0 Å². The third-order valence-electron chi connectivity index (χ3n) is 0.794. The van der Waals surface area contributed by atoms with E-state index in [-0.39, 0.29) is 0 Å². The fraction of sp³-hybridized carbons (Fsp3) is 0.200. The molecular formula is C5H9O2P. The van der Waals surface area contributed by atoms with Crippen molar-refractivity contribution in [3.8, 4) is 0 Å². The molecule has 0 aliphatic carbocycles. The Hall–Kier alpha value is -0.330. The standard InChI is InChI=1S/C5H9O2P/c1-4-8(6,5-2)7-3/h4-5H,1-2H2,3H3. The Kier molecular flexibility index (Phi) is 2.74. The van der Waals surface area contributed by atoms with E-state index in [1.807, 2.05) is 0 Å². The molecule has 0 saturated carbocycles. The van der Waals surface area contributed by atoms with E-state index < -0.39 is 7.37 Å². The van der Waals surface area contributed by atoms with E-state index >= 15 is 0 Å². The zero-order valence-corrected chi connectivity index (χ0v) is 5.73. The fourth-order valence-corrected chi connectivity index (χ4v) is 0.671. The Morgan fingerprint density at radius 3 is 1.88 bits per heavy atom. The molecule has 0 unspecified atom stereocenters. The minimum Gasteiger partial charge on any atom is -0.326 e. The topological polar surface area (TPSA) is 26.3 Å². The second-order valence-electron chi connectivity index (χ2n) is 1.19. The molecule has 0 radical (unpaired) electrons. The van der Waals surface area contributed by atoms with Crippen LogP contribution in [-0.4, -0.2) is 7.11 Å². The molecule has 0 rings (SSSR count). The molecular weight excluding hydrogens is 123 g/mol. The smallest absolute Gasteiger partial charge is 0.245 e. The van der Waals surface area contributed by atoms with E-state index in [9.17, 15) is 4.57 Å². The summed E-state index contributed by atoms with van der Waals surface area (Å²) in [6, 6.07) is 0. The van der Waals surface area contributed by atoms with Gasteiger partial charge in [-0.15, -0.1) is 0 Å². The van der Waals surface area contributed by atoms with Crippen LogP contribution in [0.4, 0.5) is 0 Å². The number of hydrogen-bond donors (Lipinski definition) is 0. The monoisotopic (exact) mass is 132 g/mol. The minimum atomic E-state index is -2.63. The van der Waals surface area contributed by atoms with Crippen LogP contribution in [-0.2, 0) is 9.09 Å². The molecule has 0 fully saturated rings. The second kappa shape index (κ2) is 2.85. The summed E-state index contributed by atoms with van der Waals surface area (Å²) in [6.07, 6.45) is 0. The van der Waals surface area contributed by atoms with Crippen LogP contribution in [0.1, 0.15) is 0 Å². The van der Waals surface area contributed by atoms with Crippen LogP contribution in [0.5, 0.6) is 0 Å². The quantitative estimate of drug-likeness (QED) is 0.550. The lowest BCUT2D eigenvalue weighted by molar-refractivity contribution is 0.411. The summed E-state index contributed by atoms with van der Waals surface area (Å²) in [5, 5.41) is 0. The molecule has 0 aliphatic rings. The lowest BCUT2D eigenvalue weighted by Gasteiger charge is -2.01. The molecule has 0 aromatic carbocycles. The summed E-state index contributed by atoms with van der Waals surface area (Å²) in [6.45, 7) is 6.63. The maximum atomic E-state index is 10.9. The highest BCUT2D eigenvalue weighted by Crippen LogP contribution is 2.47. The third-order valence-corrected chi connectivity index (χ3v) is 2.38. The summed E-state index contributed by atoms with van der Waals surface area (Å²) in [4.78, 5) is 0. The molecule has 0 saturated heterocycles. The van der Waals surface area contributed by atoms with Crippen molar-refractivity contribution in [2.45, 2.75) is 0 Å². The molecule has 2 nitrogen and oxygen atoms in total. The summed E-state index contributed by atoms with van der Waals surface area (Å²) in [5.41, 5.74) is 0. The van der Waals surface area contributed by atoms with E-state index in [1.54, 1.807) is 0 Å². The number of rotatable bonds is 3. The Morgan fingerprint density at radius 1 is 1.50 bits per heavy atom. The van der Waals surface area contributed by atoms with Crippen molar-refractivity contribution in [2.75, 3.05) is 7.11 Å². The number of hydrogen-bond acceptors (Lipinski definition) is 2. The molecule has 0 bridgehead atoms. The first kappa shape index (κ1) is 7.67. The van der Waals surface area contributed by atoms with Crippen LogP contribution in [0.3, 0.4) is 0 Å². The van der Waals surface area contributed by atoms with Gasteiger partial charge in [-0.2, -0.15) is 0 Å². The highest BCUT2D eigenvalue weighted by atomic mass is 31.2. The van der Waals surface area contributed by atoms with Crippen molar-refractivity contribution in [3.63, 3.8) is 0 Å².